The van der Waals surface area contributed by atoms with E-state index in [1.165, 1.54) is 18.3 Å². The van der Waals surface area contributed by atoms with Crippen LogP contribution >= 0.6 is 11.6 Å². The van der Waals surface area contributed by atoms with Gasteiger partial charge in [-0.3, -0.25) is 4.72 Å². The van der Waals surface area contributed by atoms with E-state index in [1.807, 2.05) is 4.72 Å². The SMILES string of the molecule is O=C(O)c1cccnc1NS(=O)(=O)c1cc(F)ccc1Cl. The van der Waals surface area contributed by atoms with Crippen molar-refractivity contribution < 1.29 is 22.7 Å². The maximum atomic E-state index is 13.2. The van der Waals surface area contributed by atoms with E-state index in [4.69, 9.17) is 16.7 Å². The Hall–Kier alpha value is -2.19. The Bertz CT molecular complexity index is 811. The molecule has 0 atom stereocenters. The zero-order valence-corrected chi connectivity index (χ0v) is 11.8. The molecule has 9 heteroatoms. The fourth-order valence-electron chi connectivity index (χ4n) is 1.52. The van der Waals surface area contributed by atoms with Crippen molar-refractivity contribution in [3.8, 4) is 0 Å². The predicted molar refractivity (Wildman–Crippen MR) is 73.4 cm³/mol. The molecular weight excluding hydrogens is 323 g/mol. The first-order valence-electron chi connectivity index (χ1n) is 5.47. The zero-order valence-electron chi connectivity index (χ0n) is 10.2. The Kier molecular flexibility index (Phi) is 4.10. The minimum Gasteiger partial charge on any atom is -0.478 e. The van der Waals surface area contributed by atoms with Gasteiger partial charge < -0.3 is 5.11 Å². The zero-order chi connectivity index (χ0) is 15.6. The average Bonchev–Trinajstić information content (AvgIpc) is 2.41. The van der Waals surface area contributed by atoms with Crippen LogP contribution in [-0.4, -0.2) is 24.5 Å². The first kappa shape index (κ1) is 15.2. The van der Waals surface area contributed by atoms with Gasteiger partial charge in [-0.1, -0.05) is 11.6 Å². The summed E-state index contributed by atoms with van der Waals surface area (Å²) in [6.07, 6.45) is 1.22. The molecular formula is C12H8ClFN2O4S. The number of nitrogens with one attached hydrogen (secondary N) is 1. The second kappa shape index (κ2) is 5.66. The van der Waals surface area contributed by atoms with Crippen LogP contribution in [-0.2, 0) is 10.0 Å². The van der Waals surface area contributed by atoms with Crippen molar-refractivity contribution in [2.75, 3.05) is 4.72 Å². The van der Waals surface area contributed by atoms with Crippen molar-refractivity contribution >= 4 is 33.4 Å². The topological polar surface area (TPSA) is 96.4 Å². The van der Waals surface area contributed by atoms with E-state index in [-0.39, 0.29) is 16.4 Å². The largest absolute Gasteiger partial charge is 0.478 e. The van der Waals surface area contributed by atoms with Gasteiger partial charge in [0.2, 0.25) is 0 Å². The molecule has 0 bridgehead atoms. The van der Waals surface area contributed by atoms with Gasteiger partial charge in [0.15, 0.2) is 5.82 Å². The Morgan fingerprint density at radius 2 is 2.05 bits per heavy atom. The van der Waals surface area contributed by atoms with Crippen LogP contribution in [0.15, 0.2) is 41.4 Å². The van der Waals surface area contributed by atoms with Gasteiger partial charge in [0.1, 0.15) is 16.3 Å². The highest BCUT2D eigenvalue weighted by atomic mass is 35.5. The van der Waals surface area contributed by atoms with E-state index in [1.54, 1.807) is 0 Å². The summed E-state index contributed by atoms with van der Waals surface area (Å²) in [6.45, 7) is 0. The summed E-state index contributed by atoms with van der Waals surface area (Å²) < 4.78 is 39.5. The standard InChI is InChI=1S/C12H8ClFN2O4S/c13-9-4-3-7(14)6-10(9)21(19,20)16-11-8(12(17)18)2-1-5-15-11/h1-6H,(H,15,16)(H,17,18). The summed E-state index contributed by atoms with van der Waals surface area (Å²) in [5.41, 5.74) is -0.339. The molecule has 2 N–H and O–H groups in total. The van der Waals surface area contributed by atoms with Crippen molar-refractivity contribution in [1.82, 2.24) is 4.98 Å². The highest BCUT2D eigenvalue weighted by Gasteiger charge is 2.22. The molecule has 1 aromatic carbocycles. The average molecular weight is 331 g/mol. The van der Waals surface area contributed by atoms with Crippen LogP contribution in [0, 0.1) is 5.82 Å². The third-order valence-electron chi connectivity index (χ3n) is 2.45. The lowest BCUT2D eigenvalue weighted by atomic mass is 10.3. The molecule has 2 aromatic rings. The van der Waals surface area contributed by atoms with Gasteiger partial charge in [-0.25, -0.2) is 22.6 Å². The summed E-state index contributed by atoms with van der Waals surface area (Å²) >= 11 is 5.73. The molecule has 0 fully saturated rings. The lowest BCUT2D eigenvalue weighted by molar-refractivity contribution is 0.0697. The Balaban J connectivity index is 2.48. The van der Waals surface area contributed by atoms with Crippen molar-refractivity contribution in [2.45, 2.75) is 4.90 Å². The molecule has 1 aromatic heterocycles. The van der Waals surface area contributed by atoms with Gasteiger partial charge in [-0.15, -0.1) is 0 Å². The maximum absolute atomic E-state index is 13.2. The van der Waals surface area contributed by atoms with E-state index in [2.05, 4.69) is 4.98 Å². The van der Waals surface area contributed by atoms with Crippen LogP contribution in [0.25, 0.3) is 0 Å². The number of hydrogen-bond acceptors (Lipinski definition) is 4. The fourth-order valence-corrected chi connectivity index (χ4v) is 3.07. The fraction of sp³-hybridized carbons (Fsp3) is 0. The van der Waals surface area contributed by atoms with E-state index in [0.717, 1.165) is 18.2 Å². The summed E-state index contributed by atoms with van der Waals surface area (Å²) in [7, 11) is -4.27. The number of nitrogens with zero attached hydrogens (tertiary/aromatic N) is 1. The summed E-state index contributed by atoms with van der Waals surface area (Å²) in [5, 5.41) is 8.77. The molecule has 0 saturated heterocycles. The first-order chi connectivity index (χ1) is 9.81. The van der Waals surface area contributed by atoms with Gasteiger partial charge in [-0.05, 0) is 30.3 Å². The molecule has 0 aliphatic heterocycles. The molecule has 0 saturated carbocycles. The van der Waals surface area contributed by atoms with E-state index >= 15 is 0 Å². The summed E-state index contributed by atoms with van der Waals surface area (Å²) in [5.74, 6) is -2.53. The molecule has 21 heavy (non-hydrogen) atoms. The number of pyridine rings is 1. The quantitative estimate of drug-likeness (QED) is 0.897. The summed E-state index contributed by atoms with van der Waals surface area (Å²) in [4.78, 5) is 14.2. The second-order valence-corrected chi connectivity index (χ2v) is 5.94. The molecule has 0 aliphatic carbocycles. The van der Waals surface area contributed by atoms with Crippen LogP contribution in [0.1, 0.15) is 10.4 Å². The molecule has 0 amide bonds. The van der Waals surface area contributed by atoms with Gasteiger partial charge in [0.05, 0.1) is 5.02 Å². The van der Waals surface area contributed by atoms with Gasteiger partial charge in [-0.2, -0.15) is 0 Å². The number of carbonyl (C=O) groups is 1. The lowest BCUT2D eigenvalue weighted by Crippen LogP contribution is -2.17. The molecule has 0 spiro atoms. The van der Waals surface area contributed by atoms with Crippen LogP contribution in [0.5, 0.6) is 0 Å². The maximum Gasteiger partial charge on any atom is 0.339 e. The van der Waals surface area contributed by atoms with Crippen LogP contribution in [0.2, 0.25) is 5.02 Å². The number of aromatic nitrogens is 1. The molecule has 1 heterocycles. The highest BCUT2D eigenvalue weighted by molar-refractivity contribution is 7.92. The Morgan fingerprint density at radius 3 is 2.71 bits per heavy atom. The number of carboxylic acids is 1. The third-order valence-corrected chi connectivity index (χ3v) is 4.27. The van der Waals surface area contributed by atoms with Crippen LogP contribution in [0.4, 0.5) is 10.2 Å². The minimum absolute atomic E-state index is 0.197. The van der Waals surface area contributed by atoms with Crippen molar-refractivity contribution in [1.29, 1.82) is 0 Å². The second-order valence-electron chi connectivity index (χ2n) is 3.88. The number of benzene rings is 1. The summed E-state index contributed by atoms with van der Waals surface area (Å²) in [6, 6.07) is 5.34. The van der Waals surface area contributed by atoms with Gasteiger partial charge in [0.25, 0.3) is 10.0 Å². The number of sulfonamides is 1. The normalized spacial score (nSPS) is 11.1. The van der Waals surface area contributed by atoms with E-state index in [0.29, 0.717) is 0 Å². The molecule has 6 nitrogen and oxygen atoms in total. The molecule has 0 radical (unpaired) electrons. The van der Waals surface area contributed by atoms with Crippen LogP contribution < -0.4 is 4.72 Å². The number of halogens is 2. The number of rotatable bonds is 4. The minimum atomic E-state index is -4.27. The van der Waals surface area contributed by atoms with Gasteiger partial charge >= 0.3 is 5.97 Å². The molecule has 2 rings (SSSR count). The van der Waals surface area contributed by atoms with E-state index in [9.17, 15) is 17.6 Å². The third kappa shape index (κ3) is 3.29. The first-order valence-corrected chi connectivity index (χ1v) is 7.33. The smallest absolute Gasteiger partial charge is 0.339 e. The van der Waals surface area contributed by atoms with Crippen LogP contribution in [0.3, 0.4) is 0 Å². The number of anilines is 1. The Morgan fingerprint density at radius 1 is 1.33 bits per heavy atom. The van der Waals surface area contributed by atoms with Crippen molar-refractivity contribution in [3.05, 3.63) is 52.9 Å². The number of hydrogen-bond donors (Lipinski definition) is 2. The molecule has 0 unspecified atom stereocenters. The molecule has 110 valence electrons. The number of aromatic carboxylic acids is 1. The monoisotopic (exact) mass is 330 g/mol. The van der Waals surface area contributed by atoms with Gasteiger partial charge in [0, 0.05) is 6.20 Å². The number of carboxylic acid groups (broad SMARTS) is 1. The molecule has 0 aliphatic rings. The predicted octanol–water partition coefficient (Wildman–Crippen LogP) is 2.37. The van der Waals surface area contributed by atoms with Crippen molar-refractivity contribution in [3.63, 3.8) is 0 Å². The van der Waals surface area contributed by atoms with Crippen molar-refractivity contribution in [2.24, 2.45) is 0 Å². The highest BCUT2D eigenvalue weighted by Crippen LogP contribution is 2.25. The Labute approximate surface area is 124 Å². The van der Waals surface area contributed by atoms with E-state index < -0.39 is 26.7 Å². The lowest BCUT2D eigenvalue weighted by Gasteiger charge is -2.10.